The van der Waals surface area contributed by atoms with E-state index in [4.69, 9.17) is 26.3 Å². The van der Waals surface area contributed by atoms with E-state index in [1.807, 2.05) is 24.3 Å². The van der Waals surface area contributed by atoms with Crippen molar-refractivity contribution in [3.63, 3.8) is 0 Å². The highest BCUT2D eigenvalue weighted by Gasteiger charge is 2.11. The highest BCUT2D eigenvalue weighted by Crippen LogP contribution is 2.22. The van der Waals surface area contributed by atoms with E-state index in [0.717, 1.165) is 0 Å². The smallest absolute Gasteiger partial charge is 0.168 e. The van der Waals surface area contributed by atoms with Crippen LogP contribution in [-0.2, 0) is 0 Å². The van der Waals surface area contributed by atoms with E-state index in [9.17, 15) is 4.39 Å². The van der Waals surface area contributed by atoms with Gasteiger partial charge in [-0.25, -0.2) is 4.39 Å². The Morgan fingerprint density at radius 3 is 2.52 bits per heavy atom. The number of hydrogen-bond acceptors (Lipinski definition) is 3. The summed E-state index contributed by atoms with van der Waals surface area (Å²) < 4.78 is 24.3. The molecule has 1 atom stereocenters. The van der Waals surface area contributed by atoms with E-state index in [-0.39, 0.29) is 18.8 Å². The van der Waals surface area contributed by atoms with Crippen molar-refractivity contribution in [1.82, 2.24) is 0 Å². The minimum Gasteiger partial charge on any atom is -0.490 e. The van der Waals surface area contributed by atoms with Crippen LogP contribution < -0.4 is 9.47 Å². The van der Waals surface area contributed by atoms with Gasteiger partial charge in [-0.15, -0.1) is 0 Å². The van der Waals surface area contributed by atoms with E-state index in [2.05, 4.69) is 0 Å². The summed E-state index contributed by atoms with van der Waals surface area (Å²) in [6, 6.07) is 15.5. The molecule has 2 rings (SSSR count). The molecule has 0 aliphatic carbocycles. The molecule has 0 heterocycles. The zero-order valence-corrected chi connectivity index (χ0v) is 11.9. The van der Waals surface area contributed by atoms with Crippen LogP contribution in [0.1, 0.15) is 5.56 Å². The summed E-state index contributed by atoms with van der Waals surface area (Å²) in [6.07, 6.45) is -1.30. The lowest BCUT2D eigenvalue weighted by molar-refractivity contribution is 0.134. The van der Waals surface area contributed by atoms with Crippen molar-refractivity contribution in [2.24, 2.45) is 0 Å². The van der Waals surface area contributed by atoms with Gasteiger partial charge in [-0.05, 0) is 30.3 Å². The van der Waals surface area contributed by atoms with E-state index >= 15 is 0 Å². The van der Waals surface area contributed by atoms with Crippen LogP contribution >= 0.6 is 11.6 Å². The van der Waals surface area contributed by atoms with Crippen LogP contribution in [0, 0.1) is 11.3 Å². The minimum absolute atomic E-state index is 0.112. The number of nitriles is 1. The molecule has 0 saturated carbocycles. The second-order valence-electron chi connectivity index (χ2n) is 4.28. The van der Waals surface area contributed by atoms with Crippen LogP contribution in [0.25, 0.3) is 0 Å². The standard InChI is InChI=1S/C16H13ClFNO2/c17-13-6-7-16(12(8-13)9-19)21-11-14(18)10-20-15-4-2-1-3-5-15/h1-8,14H,10-11H2/t14-/m0/s1. The van der Waals surface area contributed by atoms with E-state index in [0.29, 0.717) is 16.5 Å². The lowest BCUT2D eigenvalue weighted by atomic mass is 10.2. The number of para-hydroxylation sites is 1. The molecule has 0 saturated heterocycles. The Kier molecular flexibility index (Phi) is 5.42. The molecule has 0 fully saturated rings. The fourth-order valence-electron chi connectivity index (χ4n) is 1.65. The first-order chi connectivity index (χ1) is 10.2. The molecule has 0 amide bonds. The molecule has 0 aliphatic heterocycles. The number of hydrogen-bond donors (Lipinski definition) is 0. The molecule has 0 aliphatic rings. The molecule has 3 nitrogen and oxygen atoms in total. The molecule has 0 aromatic heterocycles. The largest absolute Gasteiger partial charge is 0.490 e. The normalized spacial score (nSPS) is 11.5. The lowest BCUT2D eigenvalue weighted by Gasteiger charge is -2.12. The van der Waals surface area contributed by atoms with Gasteiger partial charge in [0, 0.05) is 5.02 Å². The Morgan fingerprint density at radius 1 is 1.10 bits per heavy atom. The molecule has 2 aromatic rings. The van der Waals surface area contributed by atoms with Gasteiger partial charge in [0.05, 0.1) is 5.56 Å². The van der Waals surface area contributed by atoms with Crippen LogP contribution in [0.2, 0.25) is 5.02 Å². The van der Waals surface area contributed by atoms with Crippen molar-refractivity contribution in [3.05, 3.63) is 59.1 Å². The molecule has 108 valence electrons. The predicted octanol–water partition coefficient (Wildman–Crippen LogP) is 4.01. The number of nitrogens with zero attached hydrogens (tertiary/aromatic N) is 1. The number of rotatable bonds is 6. The summed E-state index contributed by atoms with van der Waals surface area (Å²) in [5.74, 6) is 0.911. The van der Waals surface area contributed by atoms with Crippen molar-refractivity contribution in [1.29, 1.82) is 5.26 Å². The summed E-state index contributed by atoms with van der Waals surface area (Å²) in [4.78, 5) is 0. The van der Waals surface area contributed by atoms with E-state index in [1.165, 1.54) is 6.07 Å². The fourth-order valence-corrected chi connectivity index (χ4v) is 1.82. The molecular formula is C16H13ClFNO2. The molecule has 2 aromatic carbocycles. The molecular weight excluding hydrogens is 293 g/mol. The summed E-state index contributed by atoms with van der Waals surface area (Å²) in [5, 5.41) is 9.39. The molecule has 0 N–H and O–H groups in total. The zero-order chi connectivity index (χ0) is 15.1. The number of halogens is 2. The van der Waals surface area contributed by atoms with Gasteiger partial charge in [0.15, 0.2) is 6.17 Å². The van der Waals surface area contributed by atoms with Crippen LogP contribution in [0.3, 0.4) is 0 Å². The van der Waals surface area contributed by atoms with E-state index in [1.54, 1.807) is 24.3 Å². The average Bonchev–Trinajstić information content (AvgIpc) is 2.52. The number of ether oxygens (including phenoxy) is 2. The molecule has 0 bridgehead atoms. The third kappa shape index (κ3) is 4.66. The number of benzene rings is 2. The summed E-state index contributed by atoms with van der Waals surface area (Å²) in [6.45, 7) is -0.303. The van der Waals surface area contributed by atoms with Gasteiger partial charge in [0.1, 0.15) is 30.8 Å². The average molecular weight is 306 g/mol. The Morgan fingerprint density at radius 2 is 1.81 bits per heavy atom. The molecule has 21 heavy (non-hydrogen) atoms. The summed E-state index contributed by atoms with van der Waals surface area (Å²) in [5.41, 5.74) is 0.277. The first-order valence-electron chi connectivity index (χ1n) is 6.33. The SMILES string of the molecule is N#Cc1cc(Cl)ccc1OC[C@@H](F)COc1ccccc1. The Bertz CT molecular complexity index is 628. The minimum atomic E-state index is -1.30. The fraction of sp³-hybridized carbons (Fsp3) is 0.188. The van der Waals surface area contributed by atoms with Crippen molar-refractivity contribution in [2.75, 3.05) is 13.2 Å². The molecule has 0 unspecified atom stereocenters. The lowest BCUT2D eigenvalue weighted by Crippen LogP contribution is -2.21. The Balaban J connectivity index is 1.84. The first-order valence-corrected chi connectivity index (χ1v) is 6.71. The number of alkyl halides is 1. The zero-order valence-electron chi connectivity index (χ0n) is 11.1. The maximum atomic E-state index is 13.7. The highest BCUT2D eigenvalue weighted by atomic mass is 35.5. The third-order valence-electron chi connectivity index (χ3n) is 2.66. The van der Waals surface area contributed by atoms with E-state index < -0.39 is 6.17 Å². The maximum Gasteiger partial charge on any atom is 0.168 e. The maximum absolute atomic E-state index is 13.7. The highest BCUT2D eigenvalue weighted by molar-refractivity contribution is 6.30. The first kappa shape index (κ1) is 15.1. The van der Waals surface area contributed by atoms with Crippen molar-refractivity contribution in [2.45, 2.75) is 6.17 Å². The monoisotopic (exact) mass is 305 g/mol. The van der Waals surface area contributed by atoms with Crippen LogP contribution in [0.5, 0.6) is 11.5 Å². The topological polar surface area (TPSA) is 42.2 Å². The summed E-state index contributed by atoms with van der Waals surface area (Å²) >= 11 is 5.78. The van der Waals surface area contributed by atoms with Crippen LogP contribution in [0.15, 0.2) is 48.5 Å². The molecule has 5 heteroatoms. The third-order valence-corrected chi connectivity index (χ3v) is 2.89. The quantitative estimate of drug-likeness (QED) is 0.810. The predicted molar refractivity (Wildman–Crippen MR) is 78.5 cm³/mol. The van der Waals surface area contributed by atoms with Gasteiger partial charge in [0.25, 0.3) is 0 Å². The summed E-state index contributed by atoms with van der Waals surface area (Å²) in [7, 11) is 0. The van der Waals surface area contributed by atoms with Gasteiger partial charge < -0.3 is 9.47 Å². The van der Waals surface area contributed by atoms with Crippen molar-refractivity contribution in [3.8, 4) is 17.6 Å². The van der Waals surface area contributed by atoms with Crippen LogP contribution in [0.4, 0.5) is 4.39 Å². The van der Waals surface area contributed by atoms with Crippen LogP contribution in [-0.4, -0.2) is 19.4 Å². The Hall–Kier alpha value is -2.25. The van der Waals surface area contributed by atoms with Crippen molar-refractivity contribution >= 4 is 11.6 Å². The van der Waals surface area contributed by atoms with Crippen molar-refractivity contribution < 1.29 is 13.9 Å². The Labute approximate surface area is 127 Å². The second-order valence-corrected chi connectivity index (χ2v) is 4.72. The van der Waals surface area contributed by atoms with Gasteiger partial charge in [0.2, 0.25) is 0 Å². The molecule has 0 radical (unpaired) electrons. The van der Waals surface area contributed by atoms with Gasteiger partial charge >= 0.3 is 0 Å². The van der Waals surface area contributed by atoms with Gasteiger partial charge in [-0.1, -0.05) is 29.8 Å². The molecule has 0 spiro atoms. The van der Waals surface area contributed by atoms with Gasteiger partial charge in [-0.3, -0.25) is 0 Å². The second kappa shape index (κ2) is 7.51. The van der Waals surface area contributed by atoms with Gasteiger partial charge in [-0.2, -0.15) is 5.26 Å².